The van der Waals surface area contributed by atoms with E-state index in [1.807, 2.05) is 38.1 Å². The number of aromatic nitrogens is 2. The molecule has 0 aliphatic rings. The average molecular weight is 509 g/mol. The summed E-state index contributed by atoms with van der Waals surface area (Å²) >= 11 is 6.92. The quantitative estimate of drug-likeness (QED) is 0.450. The van der Waals surface area contributed by atoms with Crippen molar-refractivity contribution >= 4 is 49.0 Å². The van der Waals surface area contributed by atoms with Crippen molar-refractivity contribution in [3.8, 4) is 11.5 Å². The summed E-state index contributed by atoms with van der Waals surface area (Å²) in [7, 11) is 1.59. The summed E-state index contributed by atoms with van der Waals surface area (Å²) in [5, 5.41) is 4.93. The Morgan fingerprint density at radius 1 is 1.18 bits per heavy atom. The summed E-state index contributed by atoms with van der Waals surface area (Å²) in [6, 6.07) is 9.07. The molecule has 0 aliphatic carbocycles. The van der Waals surface area contributed by atoms with Crippen molar-refractivity contribution in [1.82, 2.24) is 9.66 Å². The molecule has 0 atom stereocenters. The highest BCUT2D eigenvalue weighted by Gasteiger charge is 2.12. The van der Waals surface area contributed by atoms with E-state index in [2.05, 4.69) is 41.9 Å². The van der Waals surface area contributed by atoms with E-state index < -0.39 is 0 Å². The normalized spacial score (nSPS) is 11.3. The summed E-state index contributed by atoms with van der Waals surface area (Å²) < 4.78 is 13.9. The second kappa shape index (κ2) is 8.87. The van der Waals surface area contributed by atoms with E-state index in [9.17, 15) is 4.79 Å². The molecule has 2 aromatic carbocycles. The highest BCUT2D eigenvalue weighted by molar-refractivity contribution is 9.10. The topological polar surface area (TPSA) is 65.7 Å². The highest BCUT2D eigenvalue weighted by atomic mass is 79.9. The van der Waals surface area contributed by atoms with Gasteiger partial charge in [0.1, 0.15) is 5.82 Å². The van der Waals surface area contributed by atoms with Gasteiger partial charge >= 0.3 is 0 Å². The molecule has 0 saturated heterocycles. The fourth-order valence-electron chi connectivity index (χ4n) is 2.74. The van der Waals surface area contributed by atoms with Crippen LogP contribution in [-0.4, -0.2) is 29.6 Å². The molecule has 1 aromatic heterocycles. The zero-order chi connectivity index (χ0) is 20.3. The lowest BCUT2D eigenvalue weighted by atomic mass is 10.2. The molecule has 28 heavy (non-hydrogen) atoms. The van der Waals surface area contributed by atoms with Gasteiger partial charge in [-0.1, -0.05) is 22.9 Å². The summed E-state index contributed by atoms with van der Waals surface area (Å²) in [4.78, 5) is 17.5. The predicted octanol–water partition coefficient (Wildman–Crippen LogP) is 4.77. The number of methoxy groups -OCH3 is 1. The van der Waals surface area contributed by atoms with Gasteiger partial charge in [0, 0.05) is 20.9 Å². The Morgan fingerprint density at radius 2 is 1.96 bits per heavy atom. The van der Waals surface area contributed by atoms with Crippen molar-refractivity contribution in [1.29, 1.82) is 0 Å². The molecule has 0 saturated carbocycles. The number of rotatable bonds is 6. The van der Waals surface area contributed by atoms with Crippen LogP contribution in [0.4, 0.5) is 0 Å². The molecule has 0 unspecified atom stereocenters. The molecule has 0 fully saturated rings. The van der Waals surface area contributed by atoms with Crippen molar-refractivity contribution < 1.29 is 9.47 Å². The van der Waals surface area contributed by atoms with E-state index in [1.54, 1.807) is 19.4 Å². The van der Waals surface area contributed by atoms with Gasteiger partial charge in [0.2, 0.25) is 0 Å². The Bertz CT molecular complexity index is 1110. The maximum absolute atomic E-state index is 13.0. The van der Waals surface area contributed by atoms with Crippen LogP contribution in [0.5, 0.6) is 11.5 Å². The van der Waals surface area contributed by atoms with Gasteiger partial charge in [-0.05, 0) is 53.2 Å². The maximum Gasteiger partial charge on any atom is 0.282 e. The Hall–Kier alpha value is -2.19. The van der Waals surface area contributed by atoms with E-state index in [0.717, 1.165) is 14.5 Å². The van der Waals surface area contributed by atoms with Gasteiger partial charge in [0.05, 0.1) is 30.8 Å². The third-order valence-corrected chi connectivity index (χ3v) is 5.27. The maximum atomic E-state index is 13.0. The molecular formula is C20H19Br2N3O3. The SMILES string of the molecule is CCOc1cc(C=Nn2c(CC)nc3ccc(Br)cc3c2=O)c(Br)cc1OC. The third-order valence-electron chi connectivity index (χ3n) is 4.09. The Labute approximate surface area is 179 Å². The molecule has 0 amide bonds. The molecular weight excluding hydrogens is 490 g/mol. The first-order valence-corrected chi connectivity index (χ1v) is 10.3. The van der Waals surface area contributed by atoms with E-state index in [-0.39, 0.29) is 5.56 Å². The van der Waals surface area contributed by atoms with Gasteiger partial charge < -0.3 is 9.47 Å². The van der Waals surface area contributed by atoms with Crippen LogP contribution < -0.4 is 15.0 Å². The van der Waals surface area contributed by atoms with E-state index in [1.165, 1.54) is 4.68 Å². The molecule has 0 bridgehead atoms. The number of fused-ring (bicyclic) bond motifs is 1. The predicted molar refractivity (Wildman–Crippen MR) is 118 cm³/mol. The first kappa shape index (κ1) is 20.5. The number of ether oxygens (including phenoxy) is 2. The second-order valence-electron chi connectivity index (χ2n) is 5.86. The summed E-state index contributed by atoms with van der Waals surface area (Å²) in [5.41, 5.74) is 1.20. The molecule has 6 nitrogen and oxygen atoms in total. The number of hydrogen-bond acceptors (Lipinski definition) is 5. The summed E-state index contributed by atoms with van der Waals surface area (Å²) in [6.07, 6.45) is 2.19. The lowest BCUT2D eigenvalue weighted by Gasteiger charge is -2.11. The minimum atomic E-state index is -0.214. The van der Waals surface area contributed by atoms with Crippen LogP contribution in [0, 0.1) is 0 Å². The Kier molecular flexibility index (Phi) is 6.51. The molecule has 8 heteroatoms. The van der Waals surface area contributed by atoms with Crippen molar-refractivity contribution in [3.63, 3.8) is 0 Å². The Morgan fingerprint density at radius 3 is 2.64 bits per heavy atom. The standard InChI is InChI=1S/C20H19Br2N3O3/c1-4-19-24-16-7-6-13(21)9-14(16)20(26)25(19)23-11-12-8-18(28-5-2)17(27-3)10-15(12)22/h6-11H,4-5H2,1-3H3. The molecule has 3 rings (SSSR count). The van der Waals surface area contributed by atoms with Crippen LogP contribution >= 0.6 is 31.9 Å². The van der Waals surface area contributed by atoms with Crippen LogP contribution in [-0.2, 0) is 6.42 Å². The van der Waals surface area contributed by atoms with Crippen LogP contribution in [0.3, 0.4) is 0 Å². The number of benzene rings is 2. The molecule has 0 aliphatic heterocycles. The zero-order valence-electron chi connectivity index (χ0n) is 15.7. The Balaban J connectivity index is 2.12. The second-order valence-corrected chi connectivity index (χ2v) is 7.63. The number of hydrogen-bond donors (Lipinski definition) is 0. The van der Waals surface area contributed by atoms with Gasteiger partial charge in [-0.3, -0.25) is 4.79 Å². The van der Waals surface area contributed by atoms with Gasteiger partial charge in [-0.2, -0.15) is 9.78 Å². The van der Waals surface area contributed by atoms with Gasteiger partial charge in [0.25, 0.3) is 5.56 Å². The zero-order valence-corrected chi connectivity index (χ0v) is 18.9. The van der Waals surface area contributed by atoms with Gasteiger partial charge in [-0.25, -0.2) is 4.98 Å². The van der Waals surface area contributed by atoms with Crippen molar-refractivity contribution in [2.75, 3.05) is 13.7 Å². The number of halogens is 2. The smallest absolute Gasteiger partial charge is 0.282 e. The number of nitrogens with zero attached hydrogens (tertiary/aromatic N) is 3. The van der Waals surface area contributed by atoms with Gasteiger partial charge in [0.15, 0.2) is 11.5 Å². The van der Waals surface area contributed by atoms with E-state index in [4.69, 9.17) is 9.47 Å². The molecule has 3 aromatic rings. The van der Waals surface area contributed by atoms with Crippen molar-refractivity contribution in [2.45, 2.75) is 20.3 Å². The molecule has 0 spiro atoms. The summed E-state index contributed by atoms with van der Waals surface area (Å²) in [5.74, 6) is 1.82. The fraction of sp³-hybridized carbons (Fsp3) is 0.250. The third kappa shape index (κ3) is 4.12. The molecule has 0 N–H and O–H groups in total. The van der Waals surface area contributed by atoms with Crippen LogP contribution in [0.15, 0.2) is 49.2 Å². The monoisotopic (exact) mass is 507 g/mol. The van der Waals surface area contributed by atoms with Crippen LogP contribution in [0.2, 0.25) is 0 Å². The van der Waals surface area contributed by atoms with E-state index in [0.29, 0.717) is 41.3 Å². The molecule has 1 heterocycles. The van der Waals surface area contributed by atoms with Gasteiger partial charge in [-0.15, -0.1) is 0 Å². The lowest BCUT2D eigenvalue weighted by Crippen LogP contribution is -2.22. The average Bonchev–Trinajstić information content (AvgIpc) is 2.69. The minimum Gasteiger partial charge on any atom is -0.493 e. The van der Waals surface area contributed by atoms with Crippen molar-refractivity contribution in [2.24, 2.45) is 5.10 Å². The minimum absolute atomic E-state index is 0.214. The lowest BCUT2D eigenvalue weighted by molar-refractivity contribution is 0.311. The highest BCUT2D eigenvalue weighted by Crippen LogP contribution is 2.32. The first-order valence-electron chi connectivity index (χ1n) is 8.74. The van der Waals surface area contributed by atoms with Crippen LogP contribution in [0.1, 0.15) is 25.2 Å². The molecule has 0 radical (unpaired) electrons. The largest absolute Gasteiger partial charge is 0.493 e. The summed E-state index contributed by atoms with van der Waals surface area (Å²) in [6.45, 7) is 4.35. The number of aryl methyl sites for hydroxylation is 1. The fourth-order valence-corrected chi connectivity index (χ4v) is 3.53. The molecule has 146 valence electrons. The van der Waals surface area contributed by atoms with Crippen LogP contribution in [0.25, 0.3) is 10.9 Å². The van der Waals surface area contributed by atoms with Crippen molar-refractivity contribution in [3.05, 3.63) is 61.0 Å². The van der Waals surface area contributed by atoms with E-state index >= 15 is 0 Å². The first-order chi connectivity index (χ1) is 13.5.